The maximum absolute atomic E-state index is 11.6. The minimum Gasteiger partial charge on any atom is -0.488 e. The molecule has 162 valence electrons. The number of fused-ring (bicyclic) bond motifs is 1. The number of rotatable bonds is 5. The molecule has 31 heavy (non-hydrogen) atoms. The largest absolute Gasteiger partial charge is 0.488 e. The molecule has 0 spiro atoms. The summed E-state index contributed by atoms with van der Waals surface area (Å²) >= 11 is 0. The normalized spacial score (nSPS) is 20.1. The van der Waals surface area contributed by atoms with Gasteiger partial charge in [0.05, 0.1) is 6.20 Å². The standard InChI is InChI=1S/C24H29N5O2/c1-16-13-27-29-15-20(18-3-5-21(6-4-18)28-9-7-25-8-10-28)11-22(24(16)29)31-17(2)19-12-23(30)26-14-19/h3-6,11,13,15,17,19,25H,7-10,12,14H2,1-2H3,(H,26,30)/t17-,19?/m1/s1. The average Bonchev–Trinajstić information content (AvgIpc) is 3.40. The van der Waals surface area contributed by atoms with Crippen LogP contribution in [-0.2, 0) is 4.79 Å². The summed E-state index contributed by atoms with van der Waals surface area (Å²) in [7, 11) is 0. The van der Waals surface area contributed by atoms with Crippen molar-refractivity contribution < 1.29 is 9.53 Å². The van der Waals surface area contributed by atoms with Crippen LogP contribution in [0.4, 0.5) is 5.69 Å². The van der Waals surface area contributed by atoms with Crippen LogP contribution in [0.25, 0.3) is 16.6 Å². The van der Waals surface area contributed by atoms with E-state index in [1.807, 2.05) is 24.6 Å². The van der Waals surface area contributed by atoms with Crippen molar-refractivity contribution in [3.8, 4) is 16.9 Å². The van der Waals surface area contributed by atoms with E-state index >= 15 is 0 Å². The molecule has 2 aromatic heterocycles. The van der Waals surface area contributed by atoms with Crippen LogP contribution in [0, 0.1) is 12.8 Å². The Morgan fingerprint density at radius 2 is 1.94 bits per heavy atom. The average molecular weight is 420 g/mol. The zero-order valence-electron chi connectivity index (χ0n) is 18.1. The van der Waals surface area contributed by atoms with E-state index in [-0.39, 0.29) is 17.9 Å². The molecule has 2 aliphatic heterocycles. The van der Waals surface area contributed by atoms with Crippen molar-refractivity contribution in [1.82, 2.24) is 20.2 Å². The first-order valence-corrected chi connectivity index (χ1v) is 11.1. The van der Waals surface area contributed by atoms with Crippen LogP contribution >= 0.6 is 0 Å². The van der Waals surface area contributed by atoms with Crippen LogP contribution in [0.2, 0.25) is 0 Å². The van der Waals surface area contributed by atoms with Crippen molar-refractivity contribution in [1.29, 1.82) is 0 Å². The maximum atomic E-state index is 11.6. The summed E-state index contributed by atoms with van der Waals surface area (Å²) in [5.41, 5.74) is 5.49. The molecule has 0 radical (unpaired) electrons. The van der Waals surface area contributed by atoms with Gasteiger partial charge in [-0.15, -0.1) is 0 Å². The molecule has 5 rings (SSSR count). The van der Waals surface area contributed by atoms with Gasteiger partial charge in [-0.3, -0.25) is 4.79 Å². The Kier molecular flexibility index (Phi) is 5.28. The smallest absolute Gasteiger partial charge is 0.220 e. The fourth-order valence-electron chi connectivity index (χ4n) is 4.52. The SMILES string of the molecule is Cc1cnn2cc(-c3ccc(N4CCNCC4)cc3)cc(O[C@H](C)C3CNC(=O)C3)c12. The molecule has 2 fully saturated rings. The summed E-state index contributed by atoms with van der Waals surface area (Å²) in [6.07, 6.45) is 4.37. The Balaban J connectivity index is 1.44. The number of benzene rings is 1. The number of piperazine rings is 1. The Hall–Kier alpha value is -3.06. The Morgan fingerprint density at radius 3 is 2.65 bits per heavy atom. The number of hydrogen-bond donors (Lipinski definition) is 2. The van der Waals surface area contributed by atoms with Gasteiger partial charge in [-0.25, -0.2) is 4.52 Å². The molecule has 1 amide bonds. The van der Waals surface area contributed by atoms with E-state index in [0.29, 0.717) is 13.0 Å². The van der Waals surface area contributed by atoms with E-state index in [0.717, 1.165) is 54.1 Å². The van der Waals surface area contributed by atoms with Gasteiger partial charge in [-0.05, 0) is 43.2 Å². The summed E-state index contributed by atoms with van der Waals surface area (Å²) in [6.45, 7) is 8.88. The van der Waals surface area contributed by atoms with Gasteiger partial charge in [-0.1, -0.05) is 12.1 Å². The number of carbonyl (C=O) groups excluding carboxylic acids is 1. The van der Waals surface area contributed by atoms with Crippen molar-refractivity contribution in [2.75, 3.05) is 37.6 Å². The van der Waals surface area contributed by atoms with Gasteiger partial charge >= 0.3 is 0 Å². The summed E-state index contributed by atoms with van der Waals surface area (Å²) in [4.78, 5) is 14.0. The lowest BCUT2D eigenvalue weighted by Crippen LogP contribution is -2.43. The Bertz CT molecular complexity index is 1090. The van der Waals surface area contributed by atoms with Gasteiger partial charge < -0.3 is 20.3 Å². The maximum Gasteiger partial charge on any atom is 0.220 e. The second-order valence-corrected chi connectivity index (χ2v) is 8.59. The fourth-order valence-corrected chi connectivity index (χ4v) is 4.52. The van der Waals surface area contributed by atoms with E-state index in [1.54, 1.807) is 0 Å². The number of nitrogens with zero attached hydrogens (tertiary/aromatic N) is 3. The molecule has 2 atom stereocenters. The third kappa shape index (κ3) is 3.97. The van der Waals surface area contributed by atoms with Crippen LogP contribution in [0.15, 0.2) is 42.7 Å². The van der Waals surface area contributed by atoms with Gasteiger partial charge in [0.25, 0.3) is 0 Å². The number of aromatic nitrogens is 2. The number of hydrogen-bond acceptors (Lipinski definition) is 5. The molecular weight excluding hydrogens is 390 g/mol. The third-order valence-corrected chi connectivity index (χ3v) is 6.43. The lowest BCUT2D eigenvalue weighted by atomic mass is 10.0. The van der Waals surface area contributed by atoms with E-state index in [4.69, 9.17) is 4.74 Å². The molecule has 2 aliphatic rings. The van der Waals surface area contributed by atoms with Gasteiger partial charge in [0, 0.05) is 62.5 Å². The highest BCUT2D eigenvalue weighted by molar-refractivity contribution is 5.78. The van der Waals surface area contributed by atoms with E-state index in [2.05, 4.69) is 57.2 Å². The molecule has 3 aromatic rings. The first kappa shape index (κ1) is 19.9. The molecule has 7 heteroatoms. The Morgan fingerprint density at radius 1 is 1.16 bits per heavy atom. The number of aryl methyl sites for hydroxylation is 1. The molecular formula is C24H29N5O2. The molecule has 1 unspecified atom stereocenters. The van der Waals surface area contributed by atoms with E-state index < -0.39 is 0 Å². The summed E-state index contributed by atoms with van der Waals surface area (Å²) in [5, 5.41) is 10.8. The zero-order chi connectivity index (χ0) is 21.4. The molecule has 0 aliphatic carbocycles. The number of pyridine rings is 1. The molecule has 2 saturated heterocycles. The topological polar surface area (TPSA) is 70.9 Å². The van der Waals surface area contributed by atoms with Gasteiger partial charge in [0.1, 0.15) is 17.4 Å². The van der Waals surface area contributed by atoms with Crippen LogP contribution in [0.3, 0.4) is 0 Å². The first-order chi connectivity index (χ1) is 15.1. The number of anilines is 1. The summed E-state index contributed by atoms with van der Waals surface area (Å²) in [5.74, 6) is 1.09. The summed E-state index contributed by atoms with van der Waals surface area (Å²) in [6, 6.07) is 10.8. The third-order valence-electron chi connectivity index (χ3n) is 6.43. The summed E-state index contributed by atoms with van der Waals surface area (Å²) < 4.78 is 8.31. The highest BCUT2D eigenvalue weighted by Crippen LogP contribution is 2.32. The van der Waals surface area contributed by atoms with E-state index in [1.165, 1.54) is 5.69 Å². The van der Waals surface area contributed by atoms with Crippen molar-refractivity contribution in [3.63, 3.8) is 0 Å². The lowest BCUT2D eigenvalue weighted by molar-refractivity contribution is -0.119. The highest BCUT2D eigenvalue weighted by atomic mass is 16.5. The van der Waals surface area contributed by atoms with Crippen LogP contribution in [0.5, 0.6) is 5.75 Å². The van der Waals surface area contributed by atoms with Gasteiger partial charge in [0.15, 0.2) is 0 Å². The minimum absolute atomic E-state index is 0.0672. The van der Waals surface area contributed by atoms with Gasteiger partial charge in [0.2, 0.25) is 5.91 Å². The molecule has 2 N–H and O–H groups in total. The number of amides is 1. The molecule has 4 heterocycles. The second kappa shape index (κ2) is 8.23. The molecule has 1 aromatic carbocycles. The monoisotopic (exact) mass is 419 g/mol. The predicted molar refractivity (Wildman–Crippen MR) is 122 cm³/mol. The number of ether oxygens (including phenoxy) is 1. The second-order valence-electron chi connectivity index (χ2n) is 8.59. The van der Waals surface area contributed by atoms with Crippen molar-refractivity contribution in [3.05, 3.63) is 48.3 Å². The quantitative estimate of drug-likeness (QED) is 0.665. The molecule has 0 saturated carbocycles. The Labute approximate surface area is 182 Å². The van der Waals surface area contributed by atoms with Crippen LogP contribution in [-0.4, -0.2) is 54.3 Å². The first-order valence-electron chi connectivity index (χ1n) is 11.1. The van der Waals surface area contributed by atoms with E-state index in [9.17, 15) is 4.79 Å². The predicted octanol–water partition coefficient (Wildman–Crippen LogP) is 2.62. The fraction of sp³-hybridized carbons (Fsp3) is 0.417. The van der Waals surface area contributed by atoms with Gasteiger partial charge in [-0.2, -0.15) is 5.10 Å². The number of nitrogens with one attached hydrogen (secondary N) is 2. The molecule has 7 nitrogen and oxygen atoms in total. The molecule has 0 bridgehead atoms. The van der Waals surface area contributed by atoms with Crippen molar-refractivity contribution >= 4 is 17.1 Å². The minimum atomic E-state index is -0.0672. The van der Waals surface area contributed by atoms with Crippen molar-refractivity contribution in [2.45, 2.75) is 26.4 Å². The van der Waals surface area contributed by atoms with Crippen LogP contribution < -0.4 is 20.3 Å². The zero-order valence-corrected chi connectivity index (χ0v) is 18.1. The lowest BCUT2D eigenvalue weighted by Gasteiger charge is -2.29. The number of carbonyl (C=O) groups is 1. The van der Waals surface area contributed by atoms with Crippen molar-refractivity contribution in [2.24, 2.45) is 5.92 Å². The van der Waals surface area contributed by atoms with Crippen LogP contribution in [0.1, 0.15) is 18.9 Å². The highest BCUT2D eigenvalue weighted by Gasteiger charge is 2.28.